The van der Waals surface area contributed by atoms with Gasteiger partial charge >= 0.3 is 0 Å². The number of pyridine rings is 1. The zero-order valence-corrected chi connectivity index (χ0v) is 13.6. The van der Waals surface area contributed by atoms with Crippen LogP contribution in [0.25, 0.3) is 11.3 Å². The summed E-state index contributed by atoms with van der Waals surface area (Å²) in [6.45, 7) is 0.332. The molecule has 0 aliphatic carbocycles. The fourth-order valence-corrected chi connectivity index (χ4v) is 2.60. The van der Waals surface area contributed by atoms with Crippen molar-refractivity contribution in [2.75, 3.05) is 7.11 Å². The number of rotatable bonds is 5. The van der Waals surface area contributed by atoms with Gasteiger partial charge in [0.15, 0.2) is 0 Å². The van der Waals surface area contributed by atoms with Crippen molar-refractivity contribution < 1.29 is 9.66 Å². The lowest BCUT2D eigenvalue weighted by Crippen LogP contribution is -2.21. The van der Waals surface area contributed by atoms with Crippen molar-refractivity contribution in [2.45, 2.75) is 6.54 Å². The summed E-state index contributed by atoms with van der Waals surface area (Å²) in [6, 6.07) is 18.7. The van der Waals surface area contributed by atoms with Gasteiger partial charge in [-0.2, -0.15) is 0 Å². The van der Waals surface area contributed by atoms with Crippen LogP contribution in [0.3, 0.4) is 0 Å². The van der Waals surface area contributed by atoms with Crippen LogP contribution < -0.4 is 10.3 Å². The van der Waals surface area contributed by atoms with Crippen molar-refractivity contribution in [1.29, 1.82) is 0 Å². The predicted octanol–water partition coefficient (Wildman–Crippen LogP) is 3.48. The van der Waals surface area contributed by atoms with Gasteiger partial charge in [-0.25, -0.2) is 0 Å². The monoisotopic (exact) mass is 336 g/mol. The van der Waals surface area contributed by atoms with E-state index in [0.29, 0.717) is 6.54 Å². The second-order valence-corrected chi connectivity index (χ2v) is 5.49. The maximum Gasteiger partial charge on any atom is 0.269 e. The van der Waals surface area contributed by atoms with Crippen LogP contribution in [0.5, 0.6) is 5.75 Å². The van der Waals surface area contributed by atoms with Crippen molar-refractivity contribution >= 4 is 5.69 Å². The zero-order chi connectivity index (χ0) is 17.8. The van der Waals surface area contributed by atoms with Gasteiger partial charge in [0.1, 0.15) is 5.75 Å². The van der Waals surface area contributed by atoms with Crippen LogP contribution in [-0.4, -0.2) is 16.6 Å². The number of non-ortho nitro benzene ring substituents is 1. The second-order valence-electron chi connectivity index (χ2n) is 5.49. The first-order valence-corrected chi connectivity index (χ1v) is 7.66. The standard InChI is InChI=1S/C19H16N2O4/c1-25-17-11-7-15(8-12-17)18-3-2-4-19(22)20(18)13-14-5-9-16(10-6-14)21(23)24/h2-12H,13H2,1H3. The molecule has 0 unspecified atom stereocenters. The number of aromatic nitrogens is 1. The molecular weight excluding hydrogens is 320 g/mol. The Morgan fingerprint density at radius 1 is 1.00 bits per heavy atom. The molecule has 3 rings (SSSR count). The number of methoxy groups -OCH3 is 1. The number of nitro groups is 1. The molecule has 1 aromatic heterocycles. The molecule has 0 fully saturated rings. The van der Waals surface area contributed by atoms with E-state index >= 15 is 0 Å². The minimum atomic E-state index is -0.443. The van der Waals surface area contributed by atoms with E-state index in [-0.39, 0.29) is 11.2 Å². The smallest absolute Gasteiger partial charge is 0.269 e. The average molecular weight is 336 g/mol. The molecule has 0 saturated carbocycles. The first kappa shape index (κ1) is 16.4. The van der Waals surface area contributed by atoms with Crippen molar-refractivity contribution in [2.24, 2.45) is 0 Å². The van der Waals surface area contributed by atoms with Crippen molar-refractivity contribution in [3.8, 4) is 17.0 Å². The van der Waals surface area contributed by atoms with E-state index in [9.17, 15) is 14.9 Å². The maximum atomic E-state index is 12.3. The number of benzene rings is 2. The highest BCUT2D eigenvalue weighted by Gasteiger charge is 2.09. The lowest BCUT2D eigenvalue weighted by atomic mass is 10.1. The molecule has 3 aromatic rings. The van der Waals surface area contributed by atoms with Crippen LogP contribution in [0.1, 0.15) is 5.56 Å². The van der Waals surface area contributed by atoms with Crippen LogP contribution in [0.2, 0.25) is 0 Å². The summed E-state index contributed by atoms with van der Waals surface area (Å²) in [4.78, 5) is 22.7. The molecular formula is C19H16N2O4. The van der Waals surface area contributed by atoms with Crippen molar-refractivity contribution in [1.82, 2.24) is 4.57 Å². The summed E-state index contributed by atoms with van der Waals surface area (Å²) in [5.41, 5.74) is 2.37. The predicted molar refractivity (Wildman–Crippen MR) is 94.9 cm³/mol. The summed E-state index contributed by atoms with van der Waals surface area (Å²) in [5, 5.41) is 10.8. The minimum absolute atomic E-state index is 0.0273. The molecule has 0 bridgehead atoms. The lowest BCUT2D eigenvalue weighted by Gasteiger charge is -2.13. The second kappa shape index (κ2) is 7.00. The third kappa shape index (κ3) is 3.58. The van der Waals surface area contributed by atoms with E-state index in [2.05, 4.69) is 0 Å². The summed E-state index contributed by atoms with van der Waals surface area (Å²) in [7, 11) is 1.60. The Bertz CT molecular complexity index is 944. The summed E-state index contributed by atoms with van der Waals surface area (Å²) >= 11 is 0. The Labute approximate surface area is 144 Å². The Hall–Kier alpha value is -3.41. The molecule has 6 heteroatoms. The van der Waals surface area contributed by atoms with Crippen LogP contribution in [0, 0.1) is 10.1 Å². The Balaban J connectivity index is 1.98. The fraction of sp³-hybridized carbons (Fsp3) is 0.105. The minimum Gasteiger partial charge on any atom is -0.497 e. The van der Waals surface area contributed by atoms with Gasteiger partial charge in [0.2, 0.25) is 0 Å². The topological polar surface area (TPSA) is 74.4 Å². The normalized spacial score (nSPS) is 10.4. The first-order chi connectivity index (χ1) is 12.1. The fourth-order valence-electron chi connectivity index (χ4n) is 2.60. The van der Waals surface area contributed by atoms with Gasteiger partial charge < -0.3 is 9.30 Å². The molecule has 0 aliphatic rings. The molecule has 0 spiro atoms. The third-order valence-electron chi connectivity index (χ3n) is 3.92. The highest BCUT2D eigenvalue weighted by Crippen LogP contribution is 2.22. The highest BCUT2D eigenvalue weighted by atomic mass is 16.6. The Morgan fingerprint density at radius 2 is 1.68 bits per heavy atom. The van der Waals surface area contributed by atoms with Gasteiger partial charge in [-0.05, 0) is 41.5 Å². The number of ether oxygens (including phenoxy) is 1. The molecule has 0 radical (unpaired) electrons. The molecule has 0 atom stereocenters. The highest BCUT2D eigenvalue weighted by molar-refractivity contribution is 5.60. The van der Waals surface area contributed by atoms with Gasteiger partial charge in [0.25, 0.3) is 11.2 Å². The van der Waals surface area contributed by atoms with Gasteiger partial charge in [-0.15, -0.1) is 0 Å². The van der Waals surface area contributed by atoms with Gasteiger partial charge in [0, 0.05) is 18.2 Å². The third-order valence-corrected chi connectivity index (χ3v) is 3.92. The van der Waals surface area contributed by atoms with Gasteiger partial charge in [-0.1, -0.05) is 18.2 Å². The molecule has 2 aromatic carbocycles. The Morgan fingerprint density at radius 3 is 2.28 bits per heavy atom. The molecule has 126 valence electrons. The van der Waals surface area contributed by atoms with E-state index in [1.54, 1.807) is 29.9 Å². The molecule has 0 amide bonds. The van der Waals surface area contributed by atoms with Gasteiger partial charge in [-0.3, -0.25) is 14.9 Å². The van der Waals surface area contributed by atoms with E-state index in [1.165, 1.54) is 18.2 Å². The van der Waals surface area contributed by atoms with E-state index < -0.39 is 4.92 Å². The molecule has 0 aliphatic heterocycles. The van der Waals surface area contributed by atoms with E-state index in [1.807, 2.05) is 30.3 Å². The summed E-state index contributed by atoms with van der Waals surface area (Å²) < 4.78 is 6.80. The summed E-state index contributed by atoms with van der Waals surface area (Å²) in [6.07, 6.45) is 0. The SMILES string of the molecule is COc1ccc(-c2cccc(=O)n2Cc2ccc([N+](=O)[O-])cc2)cc1. The summed E-state index contributed by atoms with van der Waals surface area (Å²) in [5.74, 6) is 0.740. The van der Waals surface area contributed by atoms with Crippen LogP contribution in [0.15, 0.2) is 71.5 Å². The lowest BCUT2D eigenvalue weighted by molar-refractivity contribution is -0.384. The molecule has 6 nitrogen and oxygen atoms in total. The number of nitro benzene ring substituents is 1. The first-order valence-electron chi connectivity index (χ1n) is 7.66. The average Bonchev–Trinajstić information content (AvgIpc) is 2.64. The van der Waals surface area contributed by atoms with Crippen LogP contribution in [-0.2, 0) is 6.54 Å². The zero-order valence-electron chi connectivity index (χ0n) is 13.6. The quantitative estimate of drug-likeness (QED) is 0.528. The number of hydrogen-bond donors (Lipinski definition) is 0. The largest absolute Gasteiger partial charge is 0.497 e. The Kier molecular flexibility index (Phi) is 4.61. The van der Waals surface area contributed by atoms with Crippen molar-refractivity contribution in [3.63, 3.8) is 0 Å². The number of nitrogens with zero attached hydrogens (tertiary/aromatic N) is 2. The van der Waals surface area contributed by atoms with Crippen molar-refractivity contribution in [3.05, 3.63) is 92.8 Å². The van der Waals surface area contributed by atoms with Crippen LogP contribution in [0.4, 0.5) is 5.69 Å². The van der Waals surface area contributed by atoms with Gasteiger partial charge in [0.05, 0.1) is 24.3 Å². The molecule has 0 N–H and O–H groups in total. The molecule has 0 saturated heterocycles. The van der Waals surface area contributed by atoms with Crippen LogP contribution >= 0.6 is 0 Å². The molecule has 25 heavy (non-hydrogen) atoms. The van der Waals surface area contributed by atoms with E-state index in [4.69, 9.17) is 4.74 Å². The maximum absolute atomic E-state index is 12.3. The molecule has 1 heterocycles. The van der Waals surface area contributed by atoms with E-state index in [0.717, 1.165) is 22.6 Å². The number of hydrogen-bond acceptors (Lipinski definition) is 4.